The molecule has 1 aliphatic heterocycles. The van der Waals surface area contributed by atoms with E-state index in [1.54, 1.807) is 5.01 Å². The normalized spacial score (nSPS) is 16.6. The van der Waals surface area contributed by atoms with Crippen LogP contribution >= 0.6 is 22.6 Å². The van der Waals surface area contributed by atoms with E-state index in [1.807, 2.05) is 18.2 Å². The number of hydrogen-bond acceptors (Lipinski definition) is 2. The molecule has 1 aromatic rings. The van der Waals surface area contributed by atoms with E-state index < -0.39 is 0 Å². The van der Waals surface area contributed by atoms with E-state index in [-0.39, 0.29) is 0 Å². The highest BCUT2D eigenvalue weighted by atomic mass is 127. The zero-order valence-electron chi connectivity index (χ0n) is 9.07. The molecule has 2 rings (SSSR count). The zero-order valence-corrected chi connectivity index (χ0v) is 11.2. The zero-order chi connectivity index (χ0) is 11.7. The van der Waals surface area contributed by atoms with E-state index in [4.69, 9.17) is 5.84 Å². The Balaban J connectivity index is 2.55. The van der Waals surface area contributed by atoms with Crippen molar-refractivity contribution in [3.05, 3.63) is 63.4 Å². The van der Waals surface area contributed by atoms with Crippen molar-refractivity contribution >= 4 is 28.3 Å². The third-order valence-corrected chi connectivity index (χ3v) is 3.51. The first-order valence-electron chi connectivity index (χ1n) is 4.99. The highest BCUT2D eigenvalue weighted by molar-refractivity contribution is 14.1. The van der Waals surface area contributed by atoms with Crippen molar-refractivity contribution in [2.45, 2.75) is 6.92 Å². The number of halogens is 1. The molecule has 82 valence electrons. The van der Waals surface area contributed by atoms with Gasteiger partial charge in [-0.1, -0.05) is 36.9 Å². The van der Waals surface area contributed by atoms with Crippen molar-refractivity contribution in [3.63, 3.8) is 0 Å². The summed E-state index contributed by atoms with van der Waals surface area (Å²) < 4.78 is 1.08. The molecule has 1 aromatic carbocycles. The van der Waals surface area contributed by atoms with Gasteiger partial charge < -0.3 is 0 Å². The summed E-state index contributed by atoms with van der Waals surface area (Å²) in [4.78, 5) is 0. The average molecular weight is 324 g/mol. The Morgan fingerprint density at radius 2 is 1.88 bits per heavy atom. The lowest BCUT2D eigenvalue weighted by atomic mass is 10.0. The standard InChI is InChI=1S/C13H13IN2/c1-9-8-12(14)10(2)16(15)13(9)11-6-4-3-5-7-11/h3-8H,2,15H2,1H3. The predicted octanol–water partition coefficient (Wildman–Crippen LogP) is 3.44. The third kappa shape index (κ3) is 1.92. The molecule has 0 unspecified atom stereocenters. The van der Waals surface area contributed by atoms with Gasteiger partial charge in [0.2, 0.25) is 0 Å². The summed E-state index contributed by atoms with van der Waals surface area (Å²) in [5, 5.41) is 1.66. The van der Waals surface area contributed by atoms with Crippen molar-refractivity contribution < 1.29 is 0 Å². The largest absolute Gasteiger partial charge is 0.278 e. The quantitative estimate of drug-likeness (QED) is 0.633. The number of nitrogens with two attached hydrogens (primary N) is 1. The van der Waals surface area contributed by atoms with Crippen LogP contribution in [0, 0.1) is 0 Å². The number of hydrogen-bond donors (Lipinski definition) is 1. The molecule has 1 heterocycles. The summed E-state index contributed by atoms with van der Waals surface area (Å²) in [5.41, 5.74) is 4.13. The number of allylic oxidation sites excluding steroid dienone is 3. The van der Waals surface area contributed by atoms with E-state index in [2.05, 4.69) is 54.3 Å². The van der Waals surface area contributed by atoms with Crippen LogP contribution in [0.15, 0.2) is 57.8 Å². The van der Waals surface area contributed by atoms with Crippen molar-refractivity contribution in [2.24, 2.45) is 5.84 Å². The summed E-state index contributed by atoms with van der Waals surface area (Å²) in [6.45, 7) is 6.04. The molecule has 0 aromatic heterocycles. The van der Waals surface area contributed by atoms with Crippen LogP contribution in [0.4, 0.5) is 0 Å². The van der Waals surface area contributed by atoms with E-state index in [1.165, 1.54) is 0 Å². The molecule has 16 heavy (non-hydrogen) atoms. The van der Waals surface area contributed by atoms with E-state index in [0.717, 1.165) is 26.1 Å². The Bertz CT molecular complexity index is 486. The summed E-state index contributed by atoms with van der Waals surface area (Å²) in [7, 11) is 0. The van der Waals surface area contributed by atoms with Gasteiger partial charge in [-0.15, -0.1) is 0 Å². The summed E-state index contributed by atoms with van der Waals surface area (Å²) in [6, 6.07) is 10.1. The van der Waals surface area contributed by atoms with Gasteiger partial charge in [-0.25, -0.2) is 5.84 Å². The molecule has 0 saturated heterocycles. The van der Waals surface area contributed by atoms with E-state index in [0.29, 0.717) is 0 Å². The highest BCUT2D eigenvalue weighted by Crippen LogP contribution is 2.34. The topological polar surface area (TPSA) is 29.3 Å². The van der Waals surface area contributed by atoms with E-state index >= 15 is 0 Å². The maximum Gasteiger partial charge on any atom is 0.0677 e. The smallest absolute Gasteiger partial charge is 0.0677 e. The van der Waals surface area contributed by atoms with Gasteiger partial charge in [0, 0.05) is 3.58 Å². The van der Waals surface area contributed by atoms with Crippen LogP contribution < -0.4 is 5.84 Å². The van der Waals surface area contributed by atoms with Crippen molar-refractivity contribution in [1.82, 2.24) is 5.01 Å². The molecule has 0 amide bonds. The average Bonchev–Trinajstić information content (AvgIpc) is 2.28. The van der Waals surface area contributed by atoms with Crippen molar-refractivity contribution in [3.8, 4) is 0 Å². The Kier molecular flexibility index (Phi) is 3.16. The monoisotopic (exact) mass is 324 g/mol. The SMILES string of the molecule is C=C1C(I)=CC(C)=C(c2ccccc2)N1N. The lowest BCUT2D eigenvalue weighted by Crippen LogP contribution is -2.30. The van der Waals surface area contributed by atoms with Gasteiger partial charge in [-0.3, -0.25) is 5.01 Å². The fraction of sp³-hybridized carbons (Fsp3) is 0.0769. The first-order chi connectivity index (χ1) is 7.61. The van der Waals surface area contributed by atoms with Gasteiger partial charge in [-0.2, -0.15) is 0 Å². The highest BCUT2D eigenvalue weighted by Gasteiger charge is 2.19. The fourth-order valence-corrected chi connectivity index (χ4v) is 2.47. The van der Waals surface area contributed by atoms with Crippen LogP contribution in [0.3, 0.4) is 0 Å². The fourth-order valence-electron chi connectivity index (χ4n) is 1.74. The van der Waals surface area contributed by atoms with Gasteiger partial charge in [0.15, 0.2) is 0 Å². The van der Waals surface area contributed by atoms with Crippen LogP contribution in [0.25, 0.3) is 5.70 Å². The molecule has 2 nitrogen and oxygen atoms in total. The Hall–Kier alpha value is -1.07. The minimum atomic E-state index is 0.838. The maximum absolute atomic E-state index is 6.07. The molecule has 0 fully saturated rings. The van der Waals surface area contributed by atoms with Crippen molar-refractivity contribution in [2.75, 3.05) is 0 Å². The summed E-state index contributed by atoms with van der Waals surface area (Å²) in [6.07, 6.45) is 2.11. The lowest BCUT2D eigenvalue weighted by Gasteiger charge is -2.29. The molecule has 0 bridgehead atoms. The van der Waals surface area contributed by atoms with Gasteiger partial charge in [0.1, 0.15) is 0 Å². The lowest BCUT2D eigenvalue weighted by molar-refractivity contribution is 0.528. The maximum atomic E-state index is 6.07. The summed E-state index contributed by atoms with van der Waals surface area (Å²) in [5.74, 6) is 6.07. The molecule has 0 saturated carbocycles. The number of hydrazine groups is 1. The van der Waals surface area contributed by atoms with Crippen LogP contribution in [0.5, 0.6) is 0 Å². The second-order valence-corrected chi connectivity index (χ2v) is 4.87. The van der Waals surface area contributed by atoms with Gasteiger partial charge >= 0.3 is 0 Å². The predicted molar refractivity (Wildman–Crippen MR) is 76.3 cm³/mol. The van der Waals surface area contributed by atoms with Gasteiger partial charge in [0.05, 0.1) is 11.4 Å². The number of nitrogens with zero attached hydrogens (tertiary/aromatic N) is 1. The van der Waals surface area contributed by atoms with Gasteiger partial charge in [0.25, 0.3) is 0 Å². The molecule has 1 aliphatic rings. The van der Waals surface area contributed by atoms with Gasteiger partial charge in [-0.05, 0) is 46.7 Å². The molecule has 3 heteroatoms. The number of rotatable bonds is 1. The van der Waals surface area contributed by atoms with Crippen molar-refractivity contribution in [1.29, 1.82) is 0 Å². The van der Waals surface area contributed by atoms with Crippen LogP contribution in [-0.2, 0) is 0 Å². The van der Waals surface area contributed by atoms with Crippen LogP contribution in [-0.4, -0.2) is 5.01 Å². The first-order valence-corrected chi connectivity index (χ1v) is 6.06. The molecule has 0 aliphatic carbocycles. The molecular formula is C13H13IN2. The number of benzene rings is 1. The molecule has 0 spiro atoms. The second kappa shape index (κ2) is 4.43. The first kappa shape index (κ1) is 11.4. The molecule has 0 radical (unpaired) electrons. The second-order valence-electron chi connectivity index (χ2n) is 3.71. The molecule has 0 atom stereocenters. The van der Waals surface area contributed by atoms with E-state index in [9.17, 15) is 0 Å². The summed E-state index contributed by atoms with van der Waals surface area (Å²) >= 11 is 2.25. The minimum Gasteiger partial charge on any atom is -0.278 e. The molecule has 2 N–H and O–H groups in total. The third-order valence-electron chi connectivity index (χ3n) is 2.57. The molecular weight excluding hydrogens is 311 g/mol. The minimum absolute atomic E-state index is 0.838. The van der Waals surface area contributed by atoms with Crippen LogP contribution in [0.2, 0.25) is 0 Å². The van der Waals surface area contributed by atoms with Crippen LogP contribution in [0.1, 0.15) is 12.5 Å². The Morgan fingerprint density at radius 3 is 2.50 bits per heavy atom. The Morgan fingerprint density at radius 1 is 1.25 bits per heavy atom. The Labute approximate surface area is 109 Å².